The van der Waals surface area contributed by atoms with E-state index in [4.69, 9.17) is 0 Å². The van der Waals surface area contributed by atoms with Gasteiger partial charge in [-0.2, -0.15) is 0 Å². The van der Waals surface area contributed by atoms with Crippen LogP contribution in [0.1, 0.15) is 43.3 Å². The van der Waals surface area contributed by atoms with Crippen molar-refractivity contribution in [2.24, 2.45) is 0 Å². The topological polar surface area (TPSA) is 33.1 Å². The van der Waals surface area contributed by atoms with Crippen LogP contribution in [0.2, 0.25) is 0 Å². The molecule has 0 unspecified atom stereocenters. The van der Waals surface area contributed by atoms with Crippen molar-refractivity contribution in [2.45, 2.75) is 37.6 Å². The van der Waals surface area contributed by atoms with Gasteiger partial charge in [0.2, 0.25) is 0 Å². The monoisotopic (exact) mass is 248 g/mol. The van der Waals surface area contributed by atoms with Crippen molar-refractivity contribution in [1.29, 1.82) is 0 Å². The van der Waals surface area contributed by atoms with Crippen LogP contribution in [0.3, 0.4) is 0 Å². The molecule has 1 aromatic rings. The molecular weight excluding hydrogens is 224 g/mol. The number of nitrogens with zero attached hydrogens (tertiary/aromatic N) is 3. The summed E-state index contributed by atoms with van der Waals surface area (Å²) in [6.45, 7) is 4.75. The Bertz CT molecular complexity index is 373. The van der Waals surface area contributed by atoms with Gasteiger partial charge in [-0.05, 0) is 58.9 Å². The molecule has 0 bridgehead atoms. The quantitative estimate of drug-likeness (QED) is 0.863. The molecule has 0 spiro atoms. The fourth-order valence-corrected chi connectivity index (χ4v) is 3.33. The van der Waals surface area contributed by atoms with Crippen LogP contribution in [-0.2, 0) is 0 Å². The number of hydrogen-bond donors (Lipinski definition) is 1. The molecule has 1 aromatic heterocycles. The molecule has 18 heavy (non-hydrogen) atoms. The van der Waals surface area contributed by atoms with E-state index in [0.717, 1.165) is 13.1 Å². The number of hydrogen-bond acceptors (Lipinski definition) is 3. The minimum Gasteiger partial charge on any atom is -0.331 e. The van der Waals surface area contributed by atoms with Crippen LogP contribution < -0.4 is 5.32 Å². The Kier molecular flexibility index (Phi) is 3.66. The Balaban J connectivity index is 1.74. The number of imidazole rings is 1. The van der Waals surface area contributed by atoms with Gasteiger partial charge in [-0.1, -0.05) is 0 Å². The summed E-state index contributed by atoms with van der Waals surface area (Å²) in [5.41, 5.74) is 1.48. The van der Waals surface area contributed by atoms with Crippen LogP contribution in [0.25, 0.3) is 0 Å². The van der Waals surface area contributed by atoms with Crippen LogP contribution in [0, 0.1) is 0 Å². The molecule has 2 aliphatic heterocycles. The normalized spacial score (nSPS) is 24.5. The summed E-state index contributed by atoms with van der Waals surface area (Å²) < 4.78 is 2.48. The third kappa shape index (κ3) is 2.45. The van der Waals surface area contributed by atoms with E-state index in [1.165, 1.54) is 44.5 Å². The van der Waals surface area contributed by atoms with Gasteiger partial charge in [0.25, 0.3) is 0 Å². The second kappa shape index (κ2) is 5.41. The molecule has 4 heteroatoms. The molecule has 0 radical (unpaired) electrons. The van der Waals surface area contributed by atoms with Gasteiger partial charge in [-0.15, -0.1) is 0 Å². The van der Waals surface area contributed by atoms with Crippen molar-refractivity contribution in [3.63, 3.8) is 0 Å². The van der Waals surface area contributed by atoms with Gasteiger partial charge in [-0.25, -0.2) is 4.98 Å². The molecule has 1 N–H and O–H groups in total. The number of piperidine rings is 2. The van der Waals surface area contributed by atoms with Crippen molar-refractivity contribution >= 4 is 0 Å². The lowest BCUT2D eigenvalue weighted by Gasteiger charge is -2.32. The first kappa shape index (κ1) is 12.2. The first-order valence-corrected chi connectivity index (χ1v) is 7.25. The molecule has 4 nitrogen and oxygen atoms in total. The van der Waals surface area contributed by atoms with E-state index in [9.17, 15) is 0 Å². The zero-order valence-electron chi connectivity index (χ0n) is 11.3. The van der Waals surface area contributed by atoms with Gasteiger partial charge >= 0.3 is 0 Å². The maximum Gasteiger partial charge on any atom is 0.0950 e. The molecule has 0 atom stereocenters. The van der Waals surface area contributed by atoms with Gasteiger partial charge in [0, 0.05) is 23.9 Å². The lowest BCUT2D eigenvalue weighted by Crippen LogP contribution is -2.33. The minimum atomic E-state index is 0.675. The van der Waals surface area contributed by atoms with Gasteiger partial charge in [0.15, 0.2) is 0 Å². The Morgan fingerprint density at radius 3 is 2.61 bits per heavy atom. The molecule has 0 aromatic carbocycles. The van der Waals surface area contributed by atoms with E-state index in [1.807, 2.05) is 0 Å². The molecule has 0 aliphatic carbocycles. The predicted molar refractivity (Wildman–Crippen MR) is 72.8 cm³/mol. The first-order valence-electron chi connectivity index (χ1n) is 7.25. The molecule has 0 amide bonds. The minimum absolute atomic E-state index is 0.675. The number of nitrogens with one attached hydrogen (secondary N) is 1. The second-order valence-electron chi connectivity index (χ2n) is 5.78. The van der Waals surface area contributed by atoms with Crippen molar-refractivity contribution < 1.29 is 0 Å². The lowest BCUT2D eigenvalue weighted by atomic mass is 9.94. The van der Waals surface area contributed by atoms with Gasteiger partial charge < -0.3 is 14.8 Å². The lowest BCUT2D eigenvalue weighted by molar-refractivity contribution is 0.217. The molecular formula is C14H24N4. The highest BCUT2D eigenvalue weighted by atomic mass is 15.1. The van der Waals surface area contributed by atoms with Crippen molar-refractivity contribution in [1.82, 2.24) is 19.8 Å². The predicted octanol–water partition coefficient (Wildman–Crippen LogP) is 1.62. The second-order valence-corrected chi connectivity index (χ2v) is 5.78. The van der Waals surface area contributed by atoms with E-state index in [1.54, 1.807) is 0 Å². The summed E-state index contributed by atoms with van der Waals surface area (Å²) in [4.78, 5) is 6.85. The SMILES string of the molecule is CN1CCC(n2cncc2C2CCNCC2)CC1. The molecule has 100 valence electrons. The van der Waals surface area contributed by atoms with E-state index in [0.29, 0.717) is 12.0 Å². The average molecular weight is 248 g/mol. The van der Waals surface area contributed by atoms with E-state index in [2.05, 4.69) is 39.3 Å². The highest BCUT2D eigenvalue weighted by molar-refractivity contribution is 5.09. The average Bonchev–Trinajstić information content (AvgIpc) is 2.90. The van der Waals surface area contributed by atoms with Gasteiger partial charge in [-0.3, -0.25) is 0 Å². The summed E-state index contributed by atoms with van der Waals surface area (Å²) in [7, 11) is 2.22. The third-order valence-corrected chi connectivity index (χ3v) is 4.53. The summed E-state index contributed by atoms with van der Waals surface area (Å²) in [6.07, 6.45) is 9.23. The molecule has 3 rings (SSSR count). The third-order valence-electron chi connectivity index (χ3n) is 4.53. The summed E-state index contributed by atoms with van der Waals surface area (Å²) in [5.74, 6) is 0.716. The van der Waals surface area contributed by atoms with E-state index >= 15 is 0 Å². The van der Waals surface area contributed by atoms with Crippen molar-refractivity contribution in [3.05, 3.63) is 18.2 Å². The summed E-state index contributed by atoms with van der Waals surface area (Å²) in [6, 6.07) is 0.675. The van der Waals surface area contributed by atoms with Crippen LogP contribution in [0.5, 0.6) is 0 Å². The highest BCUT2D eigenvalue weighted by Crippen LogP contribution is 2.30. The smallest absolute Gasteiger partial charge is 0.0950 e. The molecule has 2 aliphatic rings. The van der Waals surface area contributed by atoms with E-state index in [-0.39, 0.29) is 0 Å². The van der Waals surface area contributed by atoms with Crippen molar-refractivity contribution in [3.8, 4) is 0 Å². The molecule has 2 saturated heterocycles. The van der Waals surface area contributed by atoms with Gasteiger partial charge in [0.1, 0.15) is 0 Å². The maximum atomic E-state index is 4.42. The fourth-order valence-electron chi connectivity index (χ4n) is 3.33. The maximum absolute atomic E-state index is 4.42. The number of aromatic nitrogens is 2. The zero-order chi connectivity index (χ0) is 12.4. The summed E-state index contributed by atoms with van der Waals surface area (Å²) >= 11 is 0. The molecule has 2 fully saturated rings. The highest BCUT2D eigenvalue weighted by Gasteiger charge is 2.24. The molecule has 0 saturated carbocycles. The van der Waals surface area contributed by atoms with Crippen LogP contribution >= 0.6 is 0 Å². The largest absolute Gasteiger partial charge is 0.331 e. The Morgan fingerprint density at radius 1 is 1.17 bits per heavy atom. The Hall–Kier alpha value is -0.870. The standard InChI is InChI=1S/C14H24N4/c1-17-8-4-13(5-9-17)18-11-16-10-14(18)12-2-6-15-7-3-12/h10-13,15H,2-9H2,1H3. The van der Waals surface area contributed by atoms with Crippen molar-refractivity contribution in [2.75, 3.05) is 33.2 Å². The number of likely N-dealkylation sites (tertiary alicyclic amines) is 1. The van der Waals surface area contributed by atoms with E-state index < -0.39 is 0 Å². The zero-order valence-corrected chi connectivity index (χ0v) is 11.3. The Morgan fingerprint density at radius 2 is 1.89 bits per heavy atom. The number of rotatable bonds is 2. The first-order chi connectivity index (χ1) is 8.84. The molecule has 3 heterocycles. The Labute approximate surface area is 109 Å². The summed E-state index contributed by atoms with van der Waals surface area (Å²) in [5, 5.41) is 3.45. The van der Waals surface area contributed by atoms with Crippen LogP contribution in [0.15, 0.2) is 12.5 Å². The van der Waals surface area contributed by atoms with Crippen LogP contribution in [0.4, 0.5) is 0 Å². The van der Waals surface area contributed by atoms with Crippen LogP contribution in [-0.4, -0.2) is 47.7 Å². The van der Waals surface area contributed by atoms with Gasteiger partial charge in [0.05, 0.1) is 6.33 Å². The fraction of sp³-hybridized carbons (Fsp3) is 0.786.